The first-order chi connectivity index (χ1) is 36.6. The third kappa shape index (κ3) is 14.4. The normalized spacial score (nSPS) is 23.2. The van der Waals surface area contributed by atoms with Gasteiger partial charge in [-0.15, -0.1) is 0 Å². The first-order valence-corrected chi connectivity index (χ1v) is 24.1. The molecule has 0 bridgehead atoms. The van der Waals surface area contributed by atoms with Crippen LogP contribution in [0.4, 0.5) is 0 Å². The van der Waals surface area contributed by atoms with E-state index in [4.69, 9.17) is 63.7 Å². The maximum absolute atomic E-state index is 14.4. The van der Waals surface area contributed by atoms with Gasteiger partial charge in [0.15, 0.2) is 37.0 Å². The molecule has 2 aliphatic rings. The van der Waals surface area contributed by atoms with Crippen LogP contribution in [-0.4, -0.2) is 123 Å². The monoisotopic (exact) mass is 1040 g/mol. The van der Waals surface area contributed by atoms with Crippen LogP contribution in [0.15, 0.2) is 182 Å². The Morgan fingerprint density at radius 3 is 1.24 bits per heavy atom. The Kier molecular flexibility index (Phi) is 19.0. The molecule has 0 N–H and O–H groups in total. The lowest BCUT2D eigenvalue weighted by molar-refractivity contribution is -0.358. The second-order valence-electron chi connectivity index (χ2n) is 17.0. The van der Waals surface area contributed by atoms with Crippen molar-refractivity contribution in [1.29, 1.82) is 0 Å². The molecule has 388 valence electrons. The number of carbonyl (C=O) groups excluding carboxylic acids is 6. The van der Waals surface area contributed by atoms with Crippen molar-refractivity contribution in [3.8, 4) is 0 Å². The first kappa shape index (κ1) is 53.7. The smallest absolute Gasteiger partial charge is 0.338 e. The summed E-state index contributed by atoms with van der Waals surface area (Å²) in [5.74, 6) is -4.26. The molecule has 0 unspecified atom stereocenters. The average Bonchev–Trinajstić information content (AvgIpc) is 3.45. The molecule has 2 aliphatic heterocycles. The number of benzene rings is 6. The van der Waals surface area contributed by atoms with Gasteiger partial charge in [0, 0.05) is 7.11 Å². The molecule has 0 aromatic heterocycles. The van der Waals surface area contributed by atoms with E-state index in [2.05, 4.69) is 0 Å². The number of ether oxygens (including phenoxy) is 11. The van der Waals surface area contributed by atoms with Crippen LogP contribution in [0.1, 0.15) is 57.4 Å². The molecular weight excluding hydrogens is 992 g/mol. The van der Waals surface area contributed by atoms with E-state index in [-0.39, 0.29) is 34.4 Å². The summed E-state index contributed by atoms with van der Waals surface area (Å²) in [6.45, 7) is -1.86. The van der Waals surface area contributed by atoms with Crippen molar-refractivity contribution in [2.45, 2.75) is 68.0 Å². The number of esters is 5. The molecule has 2 fully saturated rings. The molecule has 0 saturated carbocycles. The van der Waals surface area contributed by atoms with Crippen molar-refractivity contribution in [1.82, 2.24) is 0 Å². The molecule has 0 aliphatic carbocycles. The quantitative estimate of drug-likeness (QED) is 0.0387. The van der Waals surface area contributed by atoms with Crippen molar-refractivity contribution >= 4 is 46.7 Å². The molecule has 2 saturated heterocycles. The van der Waals surface area contributed by atoms with E-state index >= 15 is 0 Å². The van der Waals surface area contributed by atoms with Gasteiger partial charge >= 0.3 is 29.8 Å². The minimum Gasteiger partial charge on any atom is -0.459 e. The molecule has 0 amide bonds. The highest BCUT2D eigenvalue weighted by molar-refractivity contribution is 6.63. The van der Waals surface area contributed by atoms with Gasteiger partial charge in [0.2, 0.25) is 5.24 Å². The van der Waals surface area contributed by atoms with Crippen LogP contribution in [0.3, 0.4) is 0 Å². The summed E-state index contributed by atoms with van der Waals surface area (Å²) in [7, 11) is 1.27. The zero-order chi connectivity index (χ0) is 52.5. The molecular formula is C57H51ClO17. The lowest BCUT2D eigenvalue weighted by Crippen LogP contribution is -2.67. The van der Waals surface area contributed by atoms with Gasteiger partial charge in [0.1, 0.15) is 37.6 Å². The number of methoxy groups -OCH3 is 1. The van der Waals surface area contributed by atoms with E-state index < -0.39 is 116 Å². The molecule has 0 spiro atoms. The lowest BCUT2D eigenvalue weighted by Gasteiger charge is -2.49. The highest BCUT2D eigenvalue weighted by atomic mass is 35.5. The lowest BCUT2D eigenvalue weighted by atomic mass is 9.95. The molecule has 6 aromatic carbocycles. The summed E-state index contributed by atoms with van der Waals surface area (Å²) in [5, 5.41) is -0.859. The molecule has 2 heterocycles. The Morgan fingerprint density at radius 1 is 0.427 bits per heavy atom. The third-order valence-corrected chi connectivity index (χ3v) is 12.0. The maximum atomic E-state index is 14.4. The van der Waals surface area contributed by atoms with Crippen LogP contribution in [0, 0.1) is 0 Å². The van der Waals surface area contributed by atoms with Gasteiger partial charge in [-0.05, 0) is 77.8 Å². The van der Waals surface area contributed by atoms with E-state index in [1.54, 1.807) is 115 Å². The van der Waals surface area contributed by atoms with Crippen molar-refractivity contribution in [3.05, 3.63) is 215 Å². The summed E-state index contributed by atoms with van der Waals surface area (Å²) < 4.78 is 69.2. The molecule has 17 nitrogen and oxygen atoms in total. The Labute approximate surface area is 436 Å². The number of rotatable bonds is 21. The summed E-state index contributed by atoms with van der Waals surface area (Å²) in [4.78, 5) is 82.5. The van der Waals surface area contributed by atoms with Crippen molar-refractivity contribution < 1.29 is 80.9 Å². The fourth-order valence-corrected chi connectivity index (χ4v) is 8.34. The second kappa shape index (κ2) is 26.6. The predicted molar refractivity (Wildman–Crippen MR) is 265 cm³/mol. The first-order valence-electron chi connectivity index (χ1n) is 23.7. The zero-order valence-electron chi connectivity index (χ0n) is 40.2. The average molecular weight is 1040 g/mol. The van der Waals surface area contributed by atoms with E-state index in [1.165, 1.54) is 67.8 Å². The van der Waals surface area contributed by atoms with Crippen molar-refractivity contribution in [2.24, 2.45) is 0 Å². The van der Waals surface area contributed by atoms with Gasteiger partial charge in [-0.2, -0.15) is 0 Å². The van der Waals surface area contributed by atoms with E-state index in [1.807, 2.05) is 6.07 Å². The minimum absolute atomic E-state index is 0.0870. The predicted octanol–water partition coefficient (Wildman–Crippen LogP) is 7.59. The summed E-state index contributed by atoms with van der Waals surface area (Å²) in [6, 6.07) is 48.9. The molecule has 8 rings (SSSR count). The second-order valence-corrected chi connectivity index (χ2v) is 17.4. The van der Waals surface area contributed by atoms with Gasteiger partial charge in [0.25, 0.3) is 0 Å². The standard InChI is InChI=1S/C57H51ClO17/c1-65-56-50(74-55(64)41-30-18-7-19-31-41)48(72-53(62)39-26-14-5-15-27-39)46(43(69-56)34-68-51(60)37-22-10-3-11-23-37)75-57-49(73-54(63)40-28-16-6-17-29-40)47(67-32-36-20-8-2-9-21-36)45(42(70-57)33-66-35-44(58)59)71-52(61)38-24-12-4-13-25-38/h2-31,42-43,45-50,56-57H,32-35H2,1H3/t42-,43-,45+,46-,47+,48+,49-,50+,56+,57-/m1/s1. The molecule has 6 aromatic rings. The van der Waals surface area contributed by atoms with Gasteiger partial charge in [-0.1, -0.05) is 121 Å². The Morgan fingerprint density at radius 2 is 0.800 bits per heavy atom. The Hall–Kier alpha value is -7.61. The van der Waals surface area contributed by atoms with E-state index in [0.717, 1.165) is 0 Å². The Balaban J connectivity index is 1.26. The van der Waals surface area contributed by atoms with Crippen LogP contribution >= 0.6 is 11.6 Å². The van der Waals surface area contributed by atoms with Gasteiger partial charge in [-0.25, -0.2) is 24.0 Å². The number of hydrogen-bond acceptors (Lipinski definition) is 17. The van der Waals surface area contributed by atoms with Gasteiger partial charge in [0.05, 0.1) is 41.0 Å². The number of halogens is 1. The molecule has 10 atom stereocenters. The van der Waals surface area contributed by atoms with Crippen LogP contribution in [0.2, 0.25) is 0 Å². The van der Waals surface area contributed by atoms with Crippen LogP contribution < -0.4 is 0 Å². The van der Waals surface area contributed by atoms with E-state index in [0.29, 0.717) is 5.56 Å². The minimum atomic E-state index is -1.84. The van der Waals surface area contributed by atoms with Crippen molar-refractivity contribution in [3.63, 3.8) is 0 Å². The van der Waals surface area contributed by atoms with Crippen LogP contribution in [-0.2, 0) is 63.5 Å². The Bertz CT molecular complexity index is 2810. The van der Waals surface area contributed by atoms with Gasteiger partial charge in [-0.3, -0.25) is 4.79 Å². The number of hydrogen-bond donors (Lipinski definition) is 0. The third-order valence-electron chi connectivity index (χ3n) is 11.9. The van der Waals surface area contributed by atoms with Crippen LogP contribution in [0.25, 0.3) is 0 Å². The molecule has 18 heteroatoms. The molecule has 75 heavy (non-hydrogen) atoms. The van der Waals surface area contributed by atoms with Crippen LogP contribution in [0.5, 0.6) is 0 Å². The highest BCUT2D eigenvalue weighted by Gasteiger charge is 2.57. The highest BCUT2D eigenvalue weighted by Crippen LogP contribution is 2.37. The summed E-state index contributed by atoms with van der Waals surface area (Å²) in [6.07, 6.45) is -15.9. The fourth-order valence-electron chi connectivity index (χ4n) is 8.26. The van der Waals surface area contributed by atoms with Crippen molar-refractivity contribution in [2.75, 3.05) is 26.9 Å². The summed E-state index contributed by atoms with van der Waals surface area (Å²) in [5.41, 5.74) is 1.29. The SMILES string of the molecule is CO[C@H]1O[C@H](COC(=O)c2ccccc2)[C@@H](O[C@H]2O[C@H](COCC(=O)Cl)[C@H](OC(=O)c3ccccc3)[C@H](OCc3ccccc3)[C@H]2OC(=O)c2ccccc2)[C@H](OC(=O)c2ccccc2)[C@@H]1OC(=O)c1ccccc1. The topological polar surface area (TPSA) is 204 Å². The summed E-state index contributed by atoms with van der Waals surface area (Å²) >= 11 is 5.73. The zero-order valence-corrected chi connectivity index (χ0v) is 41.0. The maximum Gasteiger partial charge on any atom is 0.338 e. The number of carbonyl (C=O) groups is 6. The fraction of sp³-hybridized carbons (Fsp3) is 0.263. The largest absolute Gasteiger partial charge is 0.459 e. The van der Waals surface area contributed by atoms with E-state index in [9.17, 15) is 28.8 Å². The molecule has 0 radical (unpaired) electrons. The van der Waals surface area contributed by atoms with Gasteiger partial charge < -0.3 is 52.1 Å².